The summed E-state index contributed by atoms with van der Waals surface area (Å²) < 4.78 is 5.22. The van der Waals surface area contributed by atoms with E-state index in [0.717, 1.165) is 0 Å². The molecule has 74 valence electrons. The first-order chi connectivity index (χ1) is 6.59. The van der Waals surface area contributed by atoms with Crippen molar-refractivity contribution in [3.05, 3.63) is 27.3 Å². The Morgan fingerprint density at radius 2 is 2.36 bits per heavy atom. The van der Waals surface area contributed by atoms with Gasteiger partial charge in [0.05, 0.1) is 9.82 Å². The largest absolute Gasteiger partial charge is 0.447 e. The standard InChI is InChI=1S/C6H4ClN2O3PS/c7-5-3(9(10)11)1-2-4-6(5)14-13(8)12-4/h1-2H,8H2. The molecule has 0 aromatic heterocycles. The molecule has 0 spiro atoms. The normalized spacial score (nSPS) is 18.9. The van der Waals surface area contributed by atoms with Crippen molar-refractivity contribution >= 4 is 36.2 Å². The highest BCUT2D eigenvalue weighted by Gasteiger charge is 2.29. The maximum absolute atomic E-state index is 10.5. The molecule has 8 heteroatoms. The van der Waals surface area contributed by atoms with Crippen LogP contribution in [0, 0.1) is 10.1 Å². The third-order valence-electron chi connectivity index (χ3n) is 1.61. The molecule has 0 aliphatic carbocycles. The number of hydrogen-bond donors (Lipinski definition) is 1. The number of fused-ring (bicyclic) bond motifs is 1. The Balaban J connectivity index is 2.53. The third kappa shape index (κ3) is 1.54. The molecule has 0 radical (unpaired) electrons. The number of benzene rings is 1. The SMILES string of the molecule is NP1Oc2ccc([N+](=O)[O-])c(Cl)c2S1. The Hall–Kier alpha value is -0.550. The summed E-state index contributed by atoms with van der Waals surface area (Å²) in [5.41, 5.74) is 5.44. The molecule has 5 nitrogen and oxygen atoms in total. The average molecular weight is 251 g/mol. The fourth-order valence-electron chi connectivity index (χ4n) is 1.03. The molecule has 2 rings (SSSR count). The van der Waals surface area contributed by atoms with Crippen LogP contribution in [-0.4, -0.2) is 4.92 Å². The van der Waals surface area contributed by atoms with Crippen molar-refractivity contribution in [2.45, 2.75) is 4.90 Å². The molecule has 1 aromatic carbocycles. The number of halogens is 1. The lowest BCUT2D eigenvalue weighted by Gasteiger charge is -1.99. The summed E-state index contributed by atoms with van der Waals surface area (Å²) in [4.78, 5) is 10.6. The molecule has 0 fully saturated rings. The van der Waals surface area contributed by atoms with Gasteiger partial charge in [0.15, 0.2) is 0 Å². The Morgan fingerprint density at radius 1 is 1.64 bits per heavy atom. The van der Waals surface area contributed by atoms with Crippen molar-refractivity contribution in [1.82, 2.24) is 0 Å². The number of rotatable bonds is 1. The van der Waals surface area contributed by atoms with Crippen LogP contribution >= 0.6 is 30.5 Å². The Morgan fingerprint density at radius 3 is 3.00 bits per heavy atom. The van der Waals surface area contributed by atoms with Crippen molar-refractivity contribution in [2.75, 3.05) is 0 Å². The van der Waals surface area contributed by atoms with Crippen LogP contribution in [0.2, 0.25) is 5.02 Å². The van der Waals surface area contributed by atoms with Gasteiger partial charge in [0.25, 0.3) is 5.69 Å². The minimum Gasteiger partial charge on any atom is -0.447 e. The molecule has 1 aromatic rings. The lowest BCUT2D eigenvalue weighted by molar-refractivity contribution is -0.384. The summed E-state index contributed by atoms with van der Waals surface area (Å²) in [6.45, 7) is 0. The maximum Gasteiger partial charge on any atom is 0.289 e. The molecule has 1 aliphatic heterocycles. The van der Waals surface area contributed by atoms with Gasteiger partial charge in [-0.25, -0.2) is 0 Å². The van der Waals surface area contributed by atoms with E-state index >= 15 is 0 Å². The van der Waals surface area contributed by atoms with Crippen LogP contribution in [0.25, 0.3) is 0 Å². The second-order valence-electron chi connectivity index (χ2n) is 2.45. The minimum atomic E-state index is -1.13. The van der Waals surface area contributed by atoms with Gasteiger partial charge in [0.2, 0.25) is 7.50 Å². The van der Waals surface area contributed by atoms with Gasteiger partial charge < -0.3 is 4.52 Å². The van der Waals surface area contributed by atoms with Crippen molar-refractivity contribution in [3.63, 3.8) is 0 Å². The van der Waals surface area contributed by atoms with Gasteiger partial charge in [-0.2, -0.15) is 0 Å². The highest BCUT2D eigenvalue weighted by molar-refractivity contribution is 8.54. The molecule has 1 heterocycles. The molecule has 1 atom stereocenters. The second-order valence-corrected chi connectivity index (χ2v) is 5.80. The average Bonchev–Trinajstić information content (AvgIpc) is 2.46. The fraction of sp³-hybridized carbons (Fsp3) is 0. The molecule has 1 aliphatic rings. The van der Waals surface area contributed by atoms with Crippen LogP contribution in [0.15, 0.2) is 17.0 Å². The minimum absolute atomic E-state index is 0.105. The van der Waals surface area contributed by atoms with Gasteiger partial charge in [0, 0.05) is 6.07 Å². The van der Waals surface area contributed by atoms with Crippen molar-refractivity contribution in [1.29, 1.82) is 0 Å². The van der Waals surface area contributed by atoms with Crippen LogP contribution in [0.5, 0.6) is 5.75 Å². The molecule has 0 saturated carbocycles. The number of nitrogens with zero attached hydrogens (tertiary/aromatic N) is 1. The van der Waals surface area contributed by atoms with E-state index in [4.69, 9.17) is 21.6 Å². The van der Waals surface area contributed by atoms with Gasteiger partial charge in [-0.15, -0.1) is 0 Å². The van der Waals surface area contributed by atoms with Crippen LogP contribution in [0.1, 0.15) is 0 Å². The first-order valence-electron chi connectivity index (χ1n) is 3.47. The van der Waals surface area contributed by atoms with Crippen LogP contribution in [0.3, 0.4) is 0 Å². The Kier molecular flexibility index (Phi) is 2.53. The van der Waals surface area contributed by atoms with Crippen molar-refractivity contribution < 1.29 is 9.45 Å². The summed E-state index contributed by atoms with van der Waals surface area (Å²) in [5, 5.41) is 10.7. The van der Waals surface area contributed by atoms with E-state index < -0.39 is 12.4 Å². The van der Waals surface area contributed by atoms with Gasteiger partial charge in [0.1, 0.15) is 10.8 Å². The van der Waals surface area contributed by atoms with Crippen LogP contribution in [-0.2, 0) is 0 Å². The zero-order valence-corrected chi connectivity index (χ0v) is 9.10. The summed E-state index contributed by atoms with van der Waals surface area (Å²) in [6.07, 6.45) is 0. The fourth-order valence-corrected chi connectivity index (χ4v) is 3.98. The van der Waals surface area contributed by atoms with E-state index in [2.05, 4.69) is 0 Å². The zero-order valence-electron chi connectivity index (χ0n) is 6.64. The first kappa shape index (κ1) is 9.98. The summed E-state index contributed by atoms with van der Waals surface area (Å²) in [5.74, 6) is 0.527. The number of hydrogen-bond acceptors (Lipinski definition) is 5. The second kappa shape index (κ2) is 3.55. The maximum atomic E-state index is 10.5. The summed E-state index contributed by atoms with van der Waals surface area (Å²) in [7, 11) is -1.13. The predicted octanol–water partition coefficient (Wildman–Crippen LogP) is 2.92. The van der Waals surface area contributed by atoms with Gasteiger partial charge >= 0.3 is 0 Å². The number of nitro benzene ring substituents is 1. The third-order valence-corrected chi connectivity index (χ3v) is 4.56. The Labute approximate surface area is 89.3 Å². The predicted molar refractivity (Wildman–Crippen MR) is 55.7 cm³/mol. The quantitative estimate of drug-likeness (QED) is 0.471. The summed E-state index contributed by atoms with van der Waals surface area (Å²) >= 11 is 7.06. The molecular formula is C6H4ClN2O3PS. The van der Waals surface area contributed by atoms with E-state index in [1.807, 2.05) is 0 Å². The topological polar surface area (TPSA) is 78.4 Å². The molecule has 0 saturated heterocycles. The molecular weight excluding hydrogens is 247 g/mol. The van der Waals surface area contributed by atoms with Crippen molar-refractivity contribution in [2.24, 2.45) is 5.50 Å². The lowest BCUT2D eigenvalue weighted by Crippen LogP contribution is -1.90. The molecule has 2 N–H and O–H groups in total. The smallest absolute Gasteiger partial charge is 0.289 e. The van der Waals surface area contributed by atoms with Gasteiger partial charge in [-0.3, -0.25) is 15.6 Å². The van der Waals surface area contributed by atoms with E-state index in [9.17, 15) is 10.1 Å². The summed E-state index contributed by atoms with van der Waals surface area (Å²) in [6, 6.07) is 2.83. The Bertz CT molecular complexity index is 416. The zero-order chi connectivity index (χ0) is 10.3. The lowest BCUT2D eigenvalue weighted by atomic mass is 10.3. The van der Waals surface area contributed by atoms with E-state index in [1.54, 1.807) is 0 Å². The first-order valence-corrected chi connectivity index (χ1v) is 6.60. The molecule has 1 unspecified atom stereocenters. The number of nitro groups is 1. The molecule has 14 heavy (non-hydrogen) atoms. The highest BCUT2D eigenvalue weighted by Crippen LogP contribution is 2.61. The molecule has 0 bridgehead atoms. The highest BCUT2D eigenvalue weighted by atomic mass is 35.5. The van der Waals surface area contributed by atoms with E-state index in [0.29, 0.717) is 10.6 Å². The van der Waals surface area contributed by atoms with E-state index in [1.165, 1.54) is 23.5 Å². The van der Waals surface area contributed by atoms with Crippen molar-refractivity contribution in [3.8, 4) is 5.75 Å². The van der Waals surface area contributed by atoms with Crippen LogP contribution < -0.4 is 10.0 Å². The van der Waals surface area contributed by atoms with E-state index in [-0.39, 0.29) is 10.7 Å². The molecule has 0 amide bonds. The monoisotopic (exact) mass is 250 g/mol. The van der Waals surface area contributed by atoms with Crippen LogP contribution in [0.4, 0.5) is 5.69 Å². The van der Waals surface area contributed by atoms with Gasteiger partial charge in [-0.05, 0) is 17.4 Å². The number of nitrogens with two attached hydrogens (primary N) is 1. The van der Waals surface area contributed by atoms with Gasteiger partial charge in [-0.1, -0.05) is 11.6 Å².